The van der Waals surface area contributed by atoms with Gasteiger partial charge in [-0.15, -0.1) is 0 Å². The van der Waals surface area contributed by atoms with Crippen molar-refractivity contribution in [3.8, 4) is 5.75 Å². The summed E-state index contributed by atoms with van der Waals surface area (Å²) in [4.78, 5) is 29.9. The molecule has 1 N–H and O–H groups in total. The van der Waals surface area contributed by atoms with Crippen molar-refractivity contribution in [2.45, 2.75) is 44.7 Å². The first-order valence-corrected chi connectivity index (χ1v) is 17.4. The highest BCUT2D eigenvalue weighted by molar-refractivity contribution is 7.92. The number of ether oxygens (including phenoxy) is 1. The summed E-state index contributed by atoms with van der Waals surface area (Å²) in [5.74, 6) is -0.319. The standard InChI is InChI=1S/C36H39Cl2N3O5S/c1-25(2)22-39-36(43)34(21-27-9-6-5-7-10-27)40(23-31-32(37)11-8-12-33(31)38)35(42)24-41(28-15-17-29(46-4)18-16-28)47(44,45)30-19-13-26(3)14-20-30/h5-20,25,34H,21-24H2,1-4H3,(H,39,43)/t34-/m1/s1. The molecule has 47 heavy (non-hydrogen) atoms. The normalized spacial score (nSPS) is 12.0. The molecule has 0 unspecified atom stereocenters. The van der Waals surface area contributed by atoms with Crippen molar-refractivity contribution in [1.82, 2.24) is 10.2 Å². The summed E-state index contributed by atoms with van der Waals surface area (Å²) >= 11 is 13.2. The first-order chi connectivity index (χ1) is 22.4. The molecular weight excluding hydrogens is 657 g/mol. The quantitative estimate of drug-likeness (QED) is 0.155. The Balaban J connectivity index is 1.83. The Kier molecular flexibility index (Phi) is 12.3. The van der Waals surface area contributed by atoms with Crippen LogP contribution in [-0.4, -0.2) is 51.4 Å². The number of benzene rings is 4. The summed E-state index contributed by atoms with van der Waals surface area (Å²) in [5, 5.41) is 3.60. The average molecular weight is 697 g/mol. The van der Waals surface area contributed by atoms with Crippen LogP contribution < -0.4 is 14.4 Å². The highest BCUT2D eigenvalue weighted by Crippen LogP contribution is 2.30. The SMILES string of the molecule is COc1ccc(N(CC(=O)N(Cc2c(Cl)cccc2Cl)[C@H](Cc2ccccc2)C(=O)NCC(C)C)S(=O)(=O)c2ccc(C)cc2)cc1. The number of halogens is 2. The minimum Gasteiger partial charge on any atom is -0.497 e. The molecule has 0 aliphatic heterocycles. The van der Waals surface area contributed by atoms with Gasteiger partial charge in [0.1, 0.15) is 18.3 Å². The first kappa shape index (κ1) is 35.8. The first-order valence-electron chi connectivity index (χ1n) is 15.2. The highest BCUT2D eigenvalue weighted by atomic mass is 35.5. The van der Waals surface area contributed by atoms with E-state index in [1.54, 1.807) is 54.6 Å². The average Bonchev–Trinajstić information content (AvgIpc) is 3.05. The fourth-order valence-electron chi connectivity index (χ4n) is 4.94. The number of aryl methyl sites for hydroxylation is 1. The molecule has 0 saturated carbocycles. The largest absolute Gasteiger partial charge is 0.497 e. The lowest BCUT2D eigenvalue weighted by molar-refractivity contribution is -0.140. The van der Waals surface area contributed by atoms with Gasteiger partial charge in [-0.2, -0.15) is 0 Å². The lowest BCUT2D eigenvalue weighted by Gasteiger charge is -2.34. The summed E-state index contributed by atoms with van der Waals surface area (Å²) < 4.78 is 34.7. The van der Waals surface area contributed by atoms with Gasteiger partial charge in [0.05, 0.1) is 17.7 Å². The van der Waals surface area contributed by atoms with E-state index in [2.05, 4.69) is 5.32 Å². The van der Waals surface area contributed by atoms with Crippen molar-refractivity contribution in [3.63, 3.8) is 0 Å². The van der Waals surface area contributed by atoms with Gasteiger partial charge in [-0.3, -0.25) is 13.9 Å². The van der Waals surface area contributed by atoms with Crippen LogP contribution in [0.3, 0.4) is 0 Å². The molecule has 248 valence electrons. The zero-order valence-corrected chi connectivity index (χ0v) is 29.1. The van der Waals surface area contributed by atoms with Gasteiger partial charge in [0.2, 0.25) is 11.8 Å². The van der Waals surface area contributed by atoms with Gasteiger partial charge in [-0.25, -0.2) is 8.42 Å². The Labute approximate surface area is 287 Å². The van der Waals surface area contributed by atoms with Crippen LogP contribution >= 0.6 is 23.2 Å². The Morgan fingerprint density at radius 2 is 1.47 bits per heavy atom. The van der Waals surface area contributed by atoms with Crippen molar-refractivity contribution in [3.05, 3.63) is 124 Å². The monoisotopic (exact) mass is 695 g/mol. The molecule has 1 atom stereocenters. The maximum Gasteiger partial charge on any atom is 0.264 e. The molecular formula is C36H39Cl2N3O5S. The van der Waals surface area contributed by atoms with Crippen molar-refractivity contribution in [2.24, 2.45) is 5.92 Å². The van der Waals surface area contributed by atoms with E-state index < -0.39 is 28.5 Å². The molecule has 0 bridgehead atoms. The number of hydrogen-bond donors (Lipinski definition) is 1. The lowest BCUT2D eigenvalue weighted by Crippen LogP contribution is -2.53. The molecule has 0 aliphatic rings. The number of amides is 2. The van der Waals surface area contributed by atoms with Gasteiger partial charge in [0.15, 0.2) is 0 Å². The fraction of sp³-hybridized carbons (Fsp3) is 0.278. The topological polar surface area (TPSA) is 96.0 Å². The Hall–Kier alpha value is -4.05. The van der Waals surface area contributed by atoms with E-state index in [-0.39, 0.29) is 35.4 Å². The van der Waals surface area contributed by atoms with E-state index in [4.69, 9.17) is 27.9 Å². The van der Waals surface area contributed by atoms with Crippen LogP contribution in [0.25, 0.3) is 0 Å². The van der Waals surface area contributed by atoms with Gasteiger partial charge in [-0.1, -0.05) is 91.1 Å². The molecule has 0 heterocycles. The molecule has 0 saturated heterocycles. The fourth-order valence-corrected chi connectivity index (χ4v) is 6.88. The van der Waals surface area contributed by atoms with E-state index in [0.29, 0.717) is 27.9 Å². The molecule has 0 aromatic heterocycles. The van der Waals surface area contributed by atoms with Crippen LogP contribution in [0, 0.1) is 12.8 Å². The minimum atomic E-state index is -4.24. The third-order valence-electron chi connectivity index (χ3n) is 7.59. The van der Waals surface area contributed by atoms with Crippen LogP contribution in [0.5, 0.6) is 5.75 Å². The number of nitrogens with one attached hydrogen (secondary N) is 1. The van der Waals surface area contributed by atoms with Gasteiger partial charge in [0.25, 0.3) is 10.0 Å². The molecule has 8 nitrogen and oxygen atoms in total. The Bertz CT molecular complexity index is 1750. The third kappa shape index (κ3) is 9.28. The summed E-state index contributed by atoms with van der Waals surface area (Å²) in [5.41, 5.74) is 2.39. The summed E-state index contributed by atoms with van der Waals surface area (Å²) in [7, 11) is -2.73. The van der Waals surface area contributed by atoms with Crippen molar-refractivity contribution < 1.29 is 22.7 Å². The van der Waals surface area contributed by atoms with Gasteiger partial charge >= 0.3 is 0 Å². The maximum absolute atomic E-state index is 14.6. The van der Waals surface area contributed by atoms with E-state index in [1.807, 2.05) is 51.1 Å². The molecule has 4 rings (SSSR count). The third-order valence-corrected chi connectivity index (χ3v) is 10.1. The molecule has 0 radical (unpaired) electrons. The molecule has 11 heteroatoms. The highest BCUT2D eigenvalue weighted by Gasteiger charge is 2.35. The smallest absolute Gasteiger partial charge is 0.264 e. The number of nitrogens with zero attached hydrogens (tertiary/aromatic N) is 2. The van der Waals surface area contributed by atoms with Crippen molar-refractivity contribution in [1.29, 1.82) is 0 Å². The van der Waals surface area contributed by atoms with Crippen LogP contribution in [0.2, 0.25) is 10.0 Å². The predicted molar refractivity (Wildman–Crippen MR) is 187 cm³/mol. The van der Waals surface area contributed by atoms with E-state index in [0.717, 1.165) is 15.4 Å². The molecule has 0 spiro atoms. The molecule has 4 aromatic rings. The predicted octanol–water partition coefficient (Wildman–Crippen LogP) is 6.92. The number of rotatable bonds is 14. The number of carbonyl (C=O) groups excluding carboxylic acids is 2. The molecule has 0 aliphatic carbocycles. The number of anilines is 1. The van der Waals surface area contributed by atoms with Gasteiger partial charge in [-0.05, 0) is 66.9 Å². The van der Waals surface area contributed by atoms with E-state index >= 15 is 0 Å². The number of sulfonamides is 1. The molecule has 4 aromatic carbocycles. The summed E-state index contributed by atoms with van der Waals surface area (Å²) in [6.45, 7) is 5.45. The van der Waals surface area contributed by atoms with Crippen LogP contribution in [0.15, 0.2) is 102 Å². The van der Waals surface area contributed by atoms with Crippen molar-refractivity contribution >= 4 is 50.7 Å². The molecule has 0 fully saturated rings. The number of methoxy groups -OCH3 is 1. The zero-order chi connectivity index (χ0) is 34.1. The summed E-state index contributed by atoms with van der Waals surface area (Å²) in [6, 6.07) is 26.1. The van der Waals surface area contributed by atoms with Gasteiger partial charge < -0.3 is 15.0 Å². The second-order valence-corrected chi connectivity index (χ2v) is 14.3. The second-order valence-electron chi connectivity index (χ2n) is 11.6. The number of hydrogen-bond acceptors (Lipinski definition) is 5. The zero-order valence-electron chi connectivity index (χ0n) is 26.8. The second kappa shape index (κ2) is 16.2. The van der Waals surface area contributed by atoms with E-state index in [1.165, 1.54) is 24.1 Å². The lowest BCUT2D eigenvalue weighted by atomic mass is 10.0. The van der Waals surface area contributed by atoms with Crippen LogP contribution in [-0.2, 0) is 32.6 Å². The minimum absolute atomic E-state index is 0.0166. The Morgan fingerprint density at radius 1 is 0.851 bits per heavy atom. The number of carbonyl (C=O) groups is 2. The van der Waals surface area contributed by atoms with Gasteiger partial charge in [0, 0.05) is 35.1 Å². The van der Waals surface area contributed by atoms with Crippen LogP contribution in [0.4, 0.5) is 5.69 Å². The summed E-state index contributed by atoms with van der Waals surface area (Å²) in [6.07, 6.45) is 0.172. The Morgan fingerprint density at radius 3 is 2.04 bits per heavy atom. The molecule has 2 amide bonds. The van der Waals surface area contributed by atoms with E-state index in [9.17, 15) is 18.0 Å². The van der Waals surface area contributed by atoms with Crippen LogP contribution in [0.1, 0.15) is 30.5 Å². The van der Waals surface area contributed by atoms with Crippen molar-refractivity contribution in [2.75, 3.05) is 24.5 Å². The maximum atomic E-state index is 14.6.